The lowest BCUT2D eigenvalue weighted by molar-refractivity contribution is 0.626. The van der Waals surface area contributed by atoms with E-state index in [9.17, 15) is 0 Å². The summed E-state index contributed by atoms with van der Waals surface area (Å²) < 4.78 is 1.05. The van der Waals surface area contributed by atoms with Crippen molar-refractivity contribution >= 4 is 38.1 Å². The van der Waals surface area contributed by atoms with E-state index in [1.54, 1.807) is 11.3 Å². The lowest BCUT2D eigenvalue weighted by Crippen LogP contribution is -2.26. The summed E-state index contributed by atoms with van der Waals surface area (Å²) in [7, 11) is 0. The number of nitrogens with zero attached hydrogens (tertiary/aromatic N) is 3. The Morgan fingerprint density at radius 3 is 3.05 bits per heavy atom. The first-order chi connectivity index (χ1) is 9.26. The minimum atomic E-state index is 0.221. The van der Waals surface area contributed by atoms with Crippen LogP contribution in [0.5, 0.6) is 0 Å². The number of aromatic nitrogens is 2. The quantitative estimate of drug-likeness (QED) is 0.882. The third-order valence-electron chi connectivity index (χ3n) is 2.85. The SMILES string of the molecule is N#Cc1nc2c(c(Nc3ccc(Br)s3)n1)CNCC2. The second kappa shape index (κ2) is 5.25. The number of halogens is 1. The van der Waals surface area contributed by atoms with Crippen molar-refractivity contribution in [2.45, 2.75) is 13.0 Å². The van der Waals surface area contributed by atoms with Crippen LogP contribution in [-0.4, -0.2) is 16.5 Å². The van der Waals surface area contributed by atoms with Crippen LogP contribution in [0.3, 0.4) is 0 Å². The molecule has 2 aromatic heterocycles. The maximum absolute atomic E-state index is 9.01. The Morgan fingerprint density at radius 1 is 1.42 bits per heavy atom. The monoisotopic (exact) mass is 335 g/mol. The second-order valence-electron chi connectivity index (χ2n) is 4.09. The first kappa shape index (κ1) is 12.5. The van der Waals surface area contributed by atoms with Gasteiger partial charge in [0, 0.05) is 25.1 Å². The largest absolute Gasteiger partial charge is 0.332 e. The van der Waals surface area contributed by atoms with Crippen molar-refractivity contribution in [1.82, 2.24) is 15.3 Å². The van der Waals surface area contributed by atoms with Gasteiger partial charge in [-0.2, -0.15) is 5.26 Å². The highest BCUT2D eigenvalue weighted by atomic mass is 79.9. The molecule has 3 heterocycles. The van der Waals surface area contributed by atoms with Gasteiger partial charge in [0.15, 0.2) is 0 Å². The lowest BCUT2D eigenvalue weighted by Gasteiger charge is -2.19. The molecular formula is C12H10BrN5S. The number of thiophene rings is 1. The van der Waals surface area contributed by atoms with Gasteiger partial charge in [-0.05, 0) is 28.1 Å². The fourth-order valence-electron chi connectivity index (χ4n) is 1.99. The fraction of sp³-hybridized carbons (Fsp3) is 0.250. The molecule has 2 N–H and O–H groups in total. The van der Waals surface area contributed by atoms with Crippen molar-refractivity contribution in [3.05, 3.63) is 33.0 Å². The average Bonchev–Trinajstić information content (AvgIpc) is 2.84. The summed E-state index contributed by atoms with van der Waals surface area (Å²) in [4.78, 5) is 8.56. The van der Waals surface area contributed by atoms with E-state index >= 15 is 0 Å². The van der Waals surface area contributed by atoms with Crippen molar-refractivity contribution in [1.29, 1.82) is 5.26 Å². The molecule has 5 nitrogen and oxygen atoms in total. The maximum Gasteiger partial charge on any atom is 0.234 e. The van der Waals surface area contributed by atoms with Gasteiger partial charge in [0.05, 0.1) is 14.5 Å². The van der Waals surface area contributed by atoms with Crippen molar-refractivity contribution in [2.24, 2.45) is 0 Å². The molecule has 0 fully saturated rings. The van der Waals surface area contributed by atoms with Crippen LogP contribution in [0.25, 0.3) is 0 Å². The van der Waals surface area contributed by atoms with E-state index in [1.165, 1.54) is 0 Å². The summed E-state index contributed by atoms with van der Waals surface area (Å²) >= 11 is 5.02. The summed E-state index contributed by atoms with van der Waals surface area (Å²) in [6, 6.07) is 5.97. The lowest BCUT2D eigenvalue weighted by atomic mass is 10.1. The van der Waals surface area contributed by atoms with E-state index < -0.39 is 0 Å². The van der Waals surface area contributed by atoms with E-state index in [2.05, 4.69) is 36.5 Å². The van der Waals surface area contributed by atoms with Crippen molar-refractivity contribution in [2.75, 3.05) is 11.9 Å². The molecule has 0 radical (unpaired) electrons. The van der Waals surface area contributed by atoms with E-state index in [1.807, 2.05) is 18.2 Å². The van der Waals surface area contributed by atoms with Crippen LogP contribution >= 0.6 is 27.3 Å². The van der Waals surface area contributed by atoms with E-state index in [4.69, 9.17) is 5.26 Å². The first-order valence-corrected chi connectivity index (χ1v) is 7.40. The van der Waals surface area contributed by atoms with Gasteiger partial charge in [0.2, 0.25) is 5.82 Å². The van der Waals surface area contributed by atoms with Crippen LogP contribution in [0.15, 0.2) is 15.9 Å². The van der Waals surface area contributed by atoms with E-state index in [0.29, 0.717) is 0 Å². The summed E-state index contributed by atoms with van der Waals surface area (Å²) in [6.45, 7) is 1.62. The Hall–Kier alpha value is -1.49. The van der Waals surface area contributed by atoms with Gasteiger partial charge in [-0.25, -0.2) is 9.97 Å². The van der Waals surface area contributed by atoms with Crippen molar-refractivity contribution < 1.29 is 0 Å². The molecule has 1 aliphatic heterocycles. The Bertz CT molecular complexity index is 661. The topological polar surface area (TPSA) is 73.6 Å². The molecular weight excluding hydrogens is 326 g/mol. The summed E-state index contributed by atoms with van der Waals surface area (Å²) in [6.07, 6.45) is 0.829. The molecule has 1 aliphatic rings. The van der Waals surface area contributed by atoms with Crippen molar-refractivity contribution in [3.8, 4) is 6.07 Å². The summed E-state index contributed by atoms with van der Waals surface area (Å²) in [5, 5.41) is 16.6. The molecule has 3 rings (SSSR count). The molecule has 0 spiro atoms. The standard InChI is InChI=1S/C12H10BrN5S/c13-9-1-2-11(19-9)18-12-7-6-15-4-3-8(7)16-10(5-14)17-12/h1-2,15H,3-4,6H2,(H,16,17,18). The Labute approximate surface area is 122 Å². The Kier molecular flexibility index (Phi) is 3.46. The minimum absolute atomic E-state index is 0.221. The predicted molar refractivity (Wildman–Crippen MR) is 77.5 cm³/mol. The van der Waals surface area contributed by atoms with Crippen LogP contribution in [0.1, 0.15) is 17.1 Å². The highest BCUT2D eigenvalue weighted by Gasteiger charge is 2.17. The predicted octanol–water partition coefficient (Wildman–Crippen LogP) is 2.56. The molecule has 0 atom stereocenters. The van der Waals surface area contributed by atoms with E-state index in [-0.39, 0.29) is 5.82 Å². The number of hydrogen-bond acceptors (Lipinski definition) is 6. The highest BCUT2D eigenvalue weighted by Crippen LogP contribution is 2.30. The minimum Gasteiger partial charge on any atom is -0.332 e. The Morgan fingerprint density at radius 2 is 2.32 bits per heavy atom. The number of anilines is 2. The van der Waals surface area contributed by atoms with Crippen LogP contribution < -0.4 is 10.6 Å². The smallest absolute Gasteiger partial charge is 0.234 e. The van der Waals surface area contributed by atoms with Gasteiger partial charge in [-0.15, -0.1) is 11.3 Å². The fourth-order valence-corrected chi connectivity index (χ4v) is 3.28. The molecule has 0 bridgehead atoms. The number of rotatable bonds is 2. The molecule has 0 amide bonds. The van der Waals surface area contributed by atoms with Gasteiger partial charge in [-0.3, -0.25) is 0 Å². The Balaban J connectivity index is 2.01. The molecule has 0 aromatic carbocycles. The molecule has 0 saturated heterocycles. The van der Waals surface area contributed by atoms with Crippen molar-refractivity contribution in [3.63, 3.8) is 0 Å². The van der Waals surface area contributed by atoms with E-state index in [0.717, 1.165) is 45.4 Å². The van der Waals surface area contributed by atoms with Crippen LogP contribution in [0, 0.1) is 11.3 Å². The van der Waals surface area contributed by atoms with Gasteiger partial charge in [0.1, 0.15) is 11.9 Å². The molecule has 19 heavy (non-hydrogen) atoms. The van der Waals surface area contributed by atoms with Gasteiger partial charge < -0.3 is 10.6 Å². The van der Waals surface area contributed by atoms with Gasteiger partial charge in [-0.1, -0.05) is 0 Å². The van der Waals surface area contributed by atoms with Crippen LogP contribution in [-0.2, 0) is 13.0 Å². The summed E-state index contributed by atoms with van der Waals surface area (Å²) in [5.74, 6) is 0.946. The molecule has 0 aliphatic carbocycles. The number of fused-ring (bicyclic) bond motifs is 1. The molecule has 96 valence electrons. The first-order valence-electron chi connectivity index (χ1n) is 5.79. The number of nitriles is 1. The number of nitrogens with one attached hydrogen (secondary N) is 2. The number of hydrogen-bond donors (Lipinski definition) is 2. The third-order valence-corrected chi connectivity index (χ3v) is 4.39. The zero-order chi connectivity index (χ0) is 13.2. The molecule has 0 unspecified atom stereocenters. The molecule has 0 saturated carbocycles. The summed E-state index contributed by atoms with van der Waals surface area (Å²) in [5.41, 5.74) is 2.01. The van der Waals surface area contributed by atoms with Gasteiger partial charge in [0.25, 0.3) is 0 Å². The van der Waals surface area contributed by atoms with Crippen LogP contribution in [0.2, 0.25) is 0 Å². The normalized spacial score (nSPS) is 13.7. The highest BCUT2D eigenvalue weighted by molar-refractivity contribution is 9.11. The molecule has 2 aromatic rings. The maximum atomic E-state index is 9.01. The second-order valence-corrected chi connectivity index (χ2v) is 6.55. The molecule has 7 heteroatoms. The van der Waals surface area contributed by atoms with Crippen LogP contribution in [0.4, 0.5) is 10.8 Å². The zero-order valence-electron chi connectivity index (χ0n) is 9.90. The zero-order valence-corrected chi connectivity index (χ0v) is 12.3. The van der Waals surface area contributed by atoms with Gasteiger partial charge >= 0.3 is 0 Å². The average molecular weight is 336 g/mol. The third kappa shape index (κ3) is 2.61.